The molecule has 0 fully saturated rings. The molecule has 1 aromatic heterocycles. The smallest absolute Gasteiger partial charge is 0.252 e. The fourth-order valence-electron chi connectivity index (χ4n) is 2.86. The van der Waals surface area contributed by atoms with E-state index in [-0.39, 0.29) is 12.2 Å². The number of hydrogen-bond acceptors (Lipinski definition) is 5. The van der Waals surface area contributed by atoms with Crippen LogP contribution in [-0.4, -0.2) is 36.5 Å². The molecule has 6 nitrogen and oxygen atoms in total. The van der Waals surface area contributed by atoms with Gasteiger partial charge in [0.2, 0.25) is 0 Å². The highest BCUT2D eigenvalue weighted by Crippen LogP contribution is 2.25. The zero-order valence-electron chi connectivity index (χ0n) is 15.5. The van der Waals surface area contributed by atoms with Gasteiger partial charge in [-0.2, -0.15) is 0 Å². The molecule has 142 valence electrons. The molecule has 1 atom stereocenters. The van der Waals surface area contributed by atoms with Crippen LogP contribution >= 0.6 is 0 Å². The van der Waals surface area contributed by atoms with Crippen LogP contribution in [0.1, 0.15) is 11.1 Å². The summed E-state index contributed by atoms with van der Waals surface area (Å²) >= 11 is 0. The number of nitrogens with one attached hydrogen (secondary N) is 2. The Labute approximate surface area is 157 Å². The van der Waals surface area contributed by atoms with Crippen molar-refractivity contribution in [3.63, 3.8) is 0 Å². The molecule has 0 aliphatic rings. The second-order valence-electron chi connectivity index (χ2n) is 6.46. The average molecular weight is 368 g/mol. The molecule has 1 heterocycles. The Morgan fingerprint density at radius 3 is 2.70 bits per heavy atom. The second kappa shape index (κ2) is 8.70. The summed E-state index contributed by atoms with van der Waals surface area (Å²) in [4.78, 5) is 15.1. The van der Waals surface area contributed by atoms with E-state index in [0.717, 1.165) is 16.5 Å². The van der Waals surface area contributed by atoms with E-state index in [1.165, 1.54) is 0 Å². The van der Waals surface area contributed by atoms with Crippen LogP contribution in [-0.2, 0) is 6.54 Å². The van der Waals surface area contributed by atoms with Gasteiger partial charge in [-0.25, -0.2) is 0 Å². The van der Waals surface area contributed by atoms with E-state index < -0.39 is 6.10 Å². The third-order valence-corrected chi connectivity index (χ3v) is 4.27. The summed E-state index contributed by atoms with van der Waals surface area (Å²) < 4.78 is 10.8. The number of aliphatic hydroxyl groups is 1. The molecule has 0 aliphatic heterocycles. The van der Waals surface area contributed by atoms with Gasteiger partial charge in [0.1, 0.15) is 12.7 Å². The van der Waals surface area contributed by atoms with Gasteiger partial charge in [0.05, 0.1) is 7.11 Å². The van der Waals surface area contributed by atoms with Gasteiger partial charge in [-0.1, -0.05) is 23.8 Å². The molecule has 0 amide bonds. The topological polar surface area (TPSA) is 83.6 Å². The van der Waals surface area contributed by atoms with E-state index in [0.29, 0.717) is 30.2 Å². The number of methoxy groups -OCH3 is 1. The number of ether oxygens (including phenoxy) is 2. The van der Waals surface area contributed by atoms with Crippen LogP contribution in [0.15, 0.2) is 53.3 Å². The van der Waals surface area contributed by atoms with Crippen molar-refractivity contribution in [2.45, 2.75) is 19.6 Å². The van der Waals surface area contributed by atoms with Crippen LogP contribution in [0.2, 0.25) is 0 Å². The number of hydrogen-bond donors (Lipinski definition) is 3. The van der Waals surface area contributed by atoms with Crippen molar-refractivity contribution in [1.82, 2.24) is 10.3 Å². The monoisotopic (exact) mass is 368 g/mol. The Bertz CT molecular complexity index is 968. The van der Waals surface area contributed by atoms with E-state index in [9.17, 15) is 9.90 Å². The van der Waals surface area contributed by atoms with Gasteiger partial charge in [0, 0.05) is 24.2 Å². The summed E-state index contributed by atoms with van der Waals surface area (Å²) in [6.45, 7) is 2.81. The number of aryl methyl sites for hydroxylation is 1. The lowest BCUT2D eigenvalue weighted by Gasteiger charge is -2.15. The van der Waals surface area contributed by atoms with Crippen molar-refractivity contribution in [2.24, 2.45) is 0 Å². The first-order valence-corrected chi connectivity index (χ1v) is 8.84. The Hall–Kier alpha value is -2.83. The maximum Gasteiger partial charge on any atom is 0.252 e. The van der Waals surface area contributed by atoms with Crippen LogP contribution < -0.4 is 20.3 Å². The molecular formula is C21H24N2O4. The van der Waals surface area contributed by atoms with Crippen molar-refractivity contribution in [3.05, 3.63) is 70.0 Å². The summed E-state index contributed by atoms with van der Waals surface area (Å²) in [6.07, 6.45) is -0.711. The molecule has 0 unspecified atom stereocenters. The van der Waals surface area contributed by atoms with Crippen LogP contribution in [0.5, 0.6) is 11.5 Å². The molecule has 6 heteroatoms. The number of benzene rings is 2. The standard InChI is InChI=1S/C21H24N2O4/c1-14-7-8-18-15(9-14)10-16(21(25)23-18)11-22-12-17(24)13-27-20-6-4-3-5-19(20)26-2/h3-10,17,22,24H,11-13H2,1-2H3,(H,23,25)/t17-/m0/s1. The summed E-state index contributed by atoms with van der Waals surface area (Å²) in [5.74, 6) is 1.20. The van der Waals surface area contributed by atoms with Crippen molar-refractivity contribution < 1.29 is 14.6 Å². The van der Waals surface area contributed by atoms with Gasteiger partial charge in [-0.3, -0.25) is 4.79 Å². The number of aliphatic hydroxyl groups excluding tert-OH is 1. The van der Waals surface area contributed by atoms with E-state index in [1.807, 2.05) is 43.3 Å². The molecule has 0 saturated carbocycles. The molecule has 0 radical (unpaired) electrons. The Balaban J connectivity index is 1.54. The SMILES string of the molecule is COc1ccccc1OC[C@@H](O)CNCc1cc2cc(C)ccc2[nH]c1=O. The van der Waals surface area contributed by atoms with Crippen molar-refractivity contribution in [3.8, 4) is 11.5 Å². The molecular weight excluding hydrogens is 344 g/mol. The first kappa shape index (κ1) is 18.9. The molecule has 0 spiro atoms. The molecule has 3 N–H and O–H groups in total. The summed E-state index contributed by atoms with van der Waals surface area (Å²) in [5, 5.41) is 14.2. The first-order chi connectivity index (χ1) is 13.1. The number of para-hydroxylation sites is 2. The van der Waals surface area contributed by atoms with Gasteiger partial charge < -0.3 is 24.9 Å². The van der Waals surface area contributed by atoms with Gasteiger partial charge in [0.15, 0.2) is 11.5 Å². The van der Waals surface area contributed by atoms with Crippen LogP contribution in [0, 0.1) is 6.92 Å². The van der Waals surface area contributed by atoms with Crippen molar-refractivity contribution in [1.29, 1.82) is 0 Å². The Morgan fingerprint density at radius 1 is 1.15 bits per heavy atom. The largest absolute Gasteiger partial charge is 0.493 e. The fraction of sp³-hybridized carbons (Fsp3) is 0.286. The molecule has 0 saturated heterocycles. The lowest BCUT2D eigenvalue weighted by molar-refractivity contribution is 0.104. The van der Waals surface area contributed by atoms with Crippen LogP contribution in [0.25, 0.3) is 10.9 Å². The van der Waals surface area contributed by atoms with Gasteiger partial charge in [-0.15, -0.1) is 0 Å². The number of rotatable bonds is 8. The second-order valence-corrected chi connectivity index (χ2v) is 6.46. The van der Waals surface area contributed by atoms with E-state index >= 15 is 0 Å². The maximum atomic E-state index is 12.2. The number of fused-ring (bicyclic) bond motifs is 1. The Kier molecular flexibility index (Phi) is 6.11. The Morgan fingerprint density at radius 2 is 1.93 bits per heavy atom. The predicted molar refractivity (Wildman–Crippen MR) is 106 cm³/mol. The summed E-state index contributed by atoms with van der Waals surface area (Å²) in [7, 11) is 1.57. The highest BCUT2D eigenvalue weighted by atomic mass is 16.5. The minimum Gasteiger partial charge on any atom is -0.493 e. The number of aromatic nitrogens is 1. The molecule has 2 aromatic carbocycles. The van der Waals surface area contributed by atoms with Crippen molar-refractivity contribution in [2.75, 3.05) is 20.3 Å². The zero-order chi connectivity index (χ0) is 19.2. The van der Waals surface area contributed by atoms with Gasteiger partial charge >= 0.3 is 0 Å². The summed E-state index contributed by atoms with van der Waals surface area (Å²) in [6, 6.07) is 15.1. The average Bonchev–Trinajstić information content (AvgIpc) is 2.67. The fourth-order valence-corrected chi connectivity index (χ4v) is 2.86. The van der Waals surface area contributed by atoms with Crippen LogP contribution in [0.4, 0.5) is 0 Å². The zero-order valence-corrected chi connectivity index (χ0v) is 15.5. The summed E-state index contributed by atoms with van der Waals surface area (Å²) in [5.41, 5.74) is 2.46. The number of pyridine rings is 1. The predicted octanol–water partition coefficient (Wildman–Crippen LogP) is 2.37. The third kappa shape index (κ3) is 4.87. The lowest BCUT2D eigenvalue weighted by atomic mass is 10.1. The highest BCUT2D eigenvalue weighted by molar-refractivity contribution is 5.79. The molecule has 3 aromatic rings. The minimum atomic E-state index is -0.711. The van der Waals surface area contributed by atoms with E-state index in [2.05, 4.69) is 10.3 Å². The normalized spacial score (nSPS) is 12.1. The molecule has 0 bridgehead atoms. The first-order valence-electron chi connectivity index (χ1n) is 8.84. The van der Waals surface area contributed by atoms with Crippen LogP contribution in [0.3, 0.4) is 0 Å². The maximum absolute atomic E-state index is 12.2. The quantitative estimate of drug-likeness (QED) is 0.569. The van der Waals surface area contributed by atoms with Crippen molar-refractivity contribution >= 4 is 10.9 Å². The molecule has 27 heavy (non-hydrogen) atoms. The highest BCUT2D eigenvalue weighted by Gasteiger charge is 2.09. The number of H-pyrrole nitrogens is 1. The lowest BCUT2D eigenvalue weighted by Crippen LogP contribution is -2.32. The van der Waals surface area contributed by atoms with Gasteiger partial charge in [0.25, 0.3) is 5.56 Å². The van der Waals surface area contributed by atoms with Gasteiger partial charge in [-0.05, 0) is 42.6 Å². The van der Waals surface area contributed by atoms with E-state index in [4.69, 9.17) is 9.47 Å². The van der Waals surface area contributed by atoms with E-state index in [1.54, 1.807) is 19.2 Å². The molecule has 3 rings (SSSR count). The third-order valence-electron chi connectivity index (χ3n) is 4.27. The minimum absolute atomic E-state index is 0.126. The molecule has 0 aliphatic carbocycles. The number of aromatic amines is 1.